The van der Waals surface area contributed by atoms with Crippen molar-refractivity contribution in [1.82, 2.24) is 4.90 Å². The smallest absolute Gasteiger partial charge is 0.325 e. The molecule has 26 heavy (non-hydrogen) atoms. The van der Waals surface area contributed by atoms with E-state index in [0.29, 0.717) is 31.7 Å². The summed E-state index contributed by atoms with van der Waals surface area (Å²) in [6, 6.07) is 14.4. The van der Waals surface area contributed by atoms with E-state index in [-0.39, 0.29) is 0 Å². The highest BCUT2D eigenvalue weighted by Gasteiger charge is 2.38. The average Bonchev–Trinajstić information content (AvgIpc) is 2.65. The van der Waals surface area contributed by atoms with Gasteiger partial charge in [-0.1, -0.05) is 36.4 Å². The fraction of sp³-hybridized carbons (Fsp3) is 0.381. The normalized spacial score (nSPS) is 18.3. The van der Waals surface area contributed by atoms with E-state index >= 15 is 0 Å². The summed E-state index contributed by atoms with van der Waals surface area (Å²) >= 11 is 0. The SMILES string of the molecule is COc1ccc(C(C(=O)O)N2CCC(O)(c3ccccc3)CC2)c(C)c1. The van der Waals surface area contributed by atoms with E-state index in [0.717, 1.165) is 16.7 Å². The number of hydrogen-bond acceptors (Lipinski definition) is 4. The van der Waals surface area contributed by atoms with E-state index < -0.39 is 17.6 Å². The van der Waals surface area contributed by atoms with Crippen LogP contribution in [0, 0.1) is 6.92 Å². The summed E-state index contributed by atoms with van der Waals surface area (Å²) < 4.78 is 5.22. The molecule has 1 atom stereocenters. The minimum Gasteiger partial charge on any atom is -0.497 e. The van der Waals surface area contributed by atoms with Crippen molar-refractivity contribution in [3.63, 3.8) is 0 Å². The van der Waals surface area contributed by atoms with Gasteiger partial charge < -0.3 is 14.9 Å². The van der Waals surface area contributed by atoms with Crippen LogP contribution in [0.25, 0.3) is 0 Å². The van der Waals surface area contributed by atoms with E-state index in [1.165, 1.54) is 0 Å². The van der Waals surface area contributed by atoms with Crippen molar-refractivity contribution in [1.29, 1.82) is 0 Å². The zero-order valence-electron chi connectivity index (χ0n) is 15.2. The molecular weight excluding hydrogens is 330 g/mol. The van der Waals surface area contributed by atoms with Crippen LogP contribution in [0.3, 0.4) is 0 Å². The Kier molecular flexibility index (Phi) is 5.30. The lowest BCUT2D eigenvalue weighted by Crippen LogP contribution is -2.46. The number of aryl methyl sites for hydroxylation is 1. The topological polar surface area (TPSA) is 70.0 Å². The first-order valence-corrected chi connectivity index (χ1v) is 8.84. The third-order valence-electron chi connectivity index (χ3n) is 5.31. The molecule has 1 saturated heterocycles. The first-order valence-electron chi connectivity index (χ1n) is 8.84. The second kappa shape index (κ2) is 7.48. The van der Waals surface area contributed by atoms with Gasteiger partial charge >= 0.3 is 5.97 Å². The van der Waals surface area contributed by atoms with Crippen molar-refractivity contribution in [2.24, 2.45) is 0 Å². The molecule has 1 unspecified atom stereocenters. The summed E-state index contributed by atoms with van der Waals surface area (Å²) in [4.78, 5) is 13.9. The highest BCUT2D eigenvalue weighted by atomic mass is 16.5. The summed E-state index contributed by atoms with van der Waals surface area (Å²) in [6.07, 6.45) is 1.02. The molecule has 0 radical (unpaired) electrons. The third kappa shape index (κ3) is 3.59. The Bertz CT molecular complexity index is 767. The zero-order chi connectivity index (χ0) is 18.7. The number of methoxy groups -OCH3 is 1. The number of carboxylic acid groups (broad SMARTS) is 1. The summed E-state index contributed by atoms with van der Waals surface area (Å²) in [5.74, 6) is -0.157. The zero-order valence-corrected chi connectivity index (χ0v) is 15.2. The second-order valence-corrected chi connectivity index (χ2v) is 6.90. The predicted octanol–water partition coefficient (Wildman–Crippen LogP) is 3.11. The van der Waals surface area contributed by atoms with Gasteiger partial charge in [0.15, 0.2) is 0 Å². The fourth-order valence-corrected chi connectivity index (χ4v) is 3.76. The predicted molar refractivity (Wildman–Crippen MR) is 99.3 cm³/mol. The number of nitrogens with zero attached hydrogens (tertiary/aromatic N) is 1. The van der Waals surface area contributed by atoms with Crippen LogP contribution in [0.2, 0.25) is 0 Å². The second-order valence-electron chi connectivity index (χ2n) is 6.90. The number of benzene rings is 2. The number of piperidine rings is 1. The van der Waals surface area contributed by atoms with Crippen LogP contribution >= 0.6 is 0 Å². The number of rotatable bonds is 5. The van der Waals surface area contributed by atoms with Crippen molar-refractivity contribution in [3.05, 3.63) is 65.2 Å². The van der Waals surface area contributed by atoms with Gasteiger partial charge in [0.25, 0.3) is 0 Å². The van der Waals surface area contributed by atoms with Gasteiger partial charge in [-0.3, -0.25) is 9.69 Å². The lowest BCUT2D eigenvalue weighted by molar-refractivity contribution is -0.146. The van der Waals surface area contributed by atoms with Crippen LogP contribution in [-0.2, 0) is 10.4 Å². The molecule has 1 fully saturated rings. The van der Waals surface area contributed by atoms with Crippen LogP contribution < -0.4 is 4.74 Å². The number of hydrogen-bond donors (Lipinski definition) is 2. The van der Waals surface area contributed by atoms with Gasteiger partial charge in [0.05, 0.1) is 12.7 Å². The number of carboxylic acids is 1. The van der Waals surface area contributed by atoms with Gasteiger partial charge in [0, 0.05) is 13.1 Å². The van der Waals surface area contributed by atoms with Crippen LogP contribution in [-0.4, -0.2) is 41.3 Å². The summed E-state index contributed by atoms with van der Waals surface area (Å²) in [6.45, 7) is 2.94. The summed E-state index contributed by atoms with van der Waals surface area (Å²) in [5, 5.41) is 20.8. The first-order chi connectivity index (χ1) is 12.4. The molecule has 5 heteroatoms. The number of carbonyl (C=O) groups is 1. The number of aliphatic hydroxyl groups is 1. The Labute approximate surface area is 153 Å². The Balaban J connectivity index is 1.80. The maximum absolute atomic E-state index is 12.0. The molecule has 2 aromatic rings. The molecule has 0 bridgehead atoms. The summed E-state index contributed by atoms with van der Waals surface area (Å²) in [5.41, 5.74) is 1.66. The number of ether oxygens (including phenoxy) is 1. The molecular formula is C21H25NO4. The molecule has 2 aromatic carbocycles. The maximum atomic E-state index is 12.0. The molecule has 0 aromatic heterocycles. The molecule has 0 amide bonds. The fourth-order valence-electron chi connectivity index (χ4n) is 3.76. The lowest BCUT2D eigenvalue weighted by atomic mass is 9.83. The molecule has 1 aliphatic heterocycles. The molecule has 1 heterocycles. The van der Waals surface area contributed by atoms with Crippen LogP contribution in [0.15, 0.2) is 48.5 Å². The monoisotopic (exact) mass is 355 g/mol. The quantitative estimate of drug-likeness (QED) is 0.862. The van der Waals surface area contributed by atoms with Crippen molar-refractivity contribution in [3.8, 4) is 5.75 Å². The standard InChI is InChI=1S/C21H25NO4/c1-15-14-17(26-2)8-9-18(15)19(20(23)24)22-12-10-21(25,11-13-22)16-6-4-3-5-7-16/h3-9,14,19,25H,10-13H2,1-2H3,(H,23,24). The van der Waals surface area contributed by atoms with Crippen LogP contribution in [0.5, 0.6) is 5.75 Å². The van der Waals surface area contributed by atoms with E-state index in [1.54, 1.807) is 13.2 Å². The first kappa shape index (κ1) is 18.4. The summed E-state index contributed by atoms with van der Waals surface area (Å²) in [7, 11) is 1.60. The van der Waals surface area contributed by atoms with Gasteiger partial charge in [-0.15, -0.1) is 0 Å². The molecule has 2 N–H and O–H groups in total. The van der Waals surface area contributed by atoms with E-state index in [4.69, 9.17) is 4.74 Å². The highest BCUT2D eigenvalue weighted by Crippen LogP contribution is 2.36. The van der Waals surface area contributed by atoms with Gasteiger partial charge in [-0.25, -0.2) is 0 Å². The van der Waals surface area contributed by atoms with Crippen LogP contribution in [0.1, 0.15) is 35.6 Å². The van der Waals surface area contributed by atoms with E-state index in [2.05, 4.69) is 0 Å². The van der Waals surface area contributed by atoms with Gasteiger partial charge in [-0.2, -0.15) is 0 Å². The molecule has 3 rings (SSSR count). The van der Waals surface area contributed by atoms with E-state index in [9.17, 15) is 15.0 Å². The largest absolute Gasteiger partial charge is 0.497 e. The molecule has 0 aliphatic carbocycles. The van der Waals surface area contributed by atoms with Gasteiger partial charge in [-0.05, 0) is 48.6 Å². The third-order valence-corrected chi connectivity index (χ3v) is 5.31. The Morgan fingerprint density at radius 3 is 2.35 bits per heavy atom. The molecule has 138 valence electrons. The lowest BCUT2D eigenvalue weighted by Gasteiger charge is -2.41. The number of likely N-dealkylation sites (tertiary alicyclic amines) is 1. The Morgan fingerprint density at radius 2 is 1.81 bits per heavy atom. The molecule has 1 aliphatic rings. The average molecular weight is 355 g/mol. The van der Waals surface area contributed by atoms with Crippen LogP contribution in [0.4, 0.5) is 0 Å². The van der Waals surface area contributed by atoms with Crippen molar-refractivity contribution in [2.75, 3.05) is 20.2 Å². The van der Waals surface area contributed by atoms with Crippen molar-refractivity contribution < 1.29 is 19.7 Å². The van der Waals surface area contributed by atoms with Crippen molar-refractivity contribution in [2.45, 2.75) is 31.4 Å². The Morgan fingerprint density at radius 1 is 1.15 bits per heavy atom. The minimum absolute atomic E-state index is 0.510. The maximum Gasteiger partial charge on any atom is 0.325 e. The van der Waals surface area contributed by atoms with E-state index in [1.807, 2.05) is 54.3 Å². The highest BCUT2D eigenvalue weighted by molar-refractivity contribution is 5.76. The minimum atomic E-state index is -0.893. The Hall–Kier alpha value is -2.37. The molecule has 0 saturated carbocycles. The molecule has 5 nitrogen and oxygen atoms in total. The van der Waals surface area contributed by atoms with Gasteiger partial charge in [0.1, 0.15) is 11.8 Å². The molecule has 0 spiro atoms. The van der Waals surface area contributed by atoms with Crippen molar-refractivity contribution >= 4 is 5.97 Å². The van der Waals surface area contributed by atoms with Gasteiger partial charge in [0.2, 0.25) is 0 Å². The number of aliphatic carboxylic acids is 1.